The lowest BCUT2D eigenvalue weighted by molar-refractivity contribution is -0.148. The Morgan fingerprint density at radius 3 is 1.67 bits per heavy atom. The molecule has 2 atom stereocenters. The van der Waals surface area contributed by atoms with E-state index in [9.17, 15) is 14.4 Å². The number of rotatable bonds is 4. The fourth-order valence-corrected chi connectivity index (χ4v) is 0.497. The van der Waals surface area contributed by atoms with Gasteiger partial charge >= 0.3 is 11.9 Å². The number of aliphatic carboxylic acids is 2. The lowest BCUT2D eigenvalue weighted by atomic mass is 10.0. The van der Waals surface area contributed by atoms with Crippen molar-refractivity contribution in [2.24, 2.45) is 11.7 Å². The van der Waals surface area contributed by atoms with Crippen LogP contribution in [-0.2, 0) is 14.4 Å². The summed E-state index contributed by atoms with van der Waals surface area (Å²) in [6, 6.07) is -0.699. The normalized spacial score (nSPS) is 13.1. The van der Waals surface area contributed by atoms with Gasteiger partial charge in [0.1, 0.15) is 6.04 Å². The van der Waals surface area contributed by atoms with Gasteiger partial charge < -0.3 is 15.9 Å². The van der Waals surface area contributed by atoms with Gasteiger partial charge in [-0.2, -0.15) is 0 Å². The maximum atomic E-state index is 10.2. The number of carbonyl (C=O) groups is 3. The molecule has 0 rings (SSSR count). The average molecular weight is 219 g/mol. The number of Topliss-reactive ketones (excluding diaryl/α,β-unsaturated/α-hetero) is 1. The molecule has 0 aromatic rings. The van der Waals surface area contributed by atoms with Crippen LogP contribution in [0.15, 0.2) is 0 Å². The van der Waals surface area contributed by atoms with Gasteiger partial charge in [0.25, 0.3) is 0 Å². The summed E-state index contributed by atoms with van der Waals surface area (Å²) in [4.78, 5) is 29.1. The highest BCUT2D eigenvalue weighted by molar-refractivity contribution is 6.31. The van der Waals surface area contributed by atoms with E-state index >= 15 is 0 Å². The Balaban J connectivity index is 0. The first-order chi connectivity index (χ1) is 6.73. The minimum Gasteiger partial charge on any atom is -0.480 e. The third-order valence-electron chi connectivity index (χ3n) is 1.84. The van der Waals surface area contributed by atoms with E-state index in [4.69, 9.17) is 15.9 Å². The van der Waals surface area contributed by atoms with Crippen molar-refractivity contribution < 1.29 is 24.6 Å². The lowest BCUT2D eigenvalue weighted by Crippen LogP contribution is -2.36. The molecule has 0 aliphatic rings. The topological polar surface area (TPSA) is 118 Å². The van der Waals surface area contributed by atoms with E-state index in [0.717, 1.165) is 13.3 Å². The van der Waals surface area contributed by atoms with Crippen molar-refractivity contribution in [2.75, 3.05) is 0 Å². The predicted octanol–water partition coefficient (Wildman–Crippen LogP) is 0.104. The van der Waals surface area contributed by atoms with Gasteiger partial charge in [0.05, 0.1) is 0 Å². The first-order valence-electron chi connectivity index (χ1n) is 4.46. The molecule has 0 bridgehead atoms. The predicted molar refractivity (Wildman–Crippen MR) is 53.4 cm³/mol. The van der Waals surface area contributed by atoms with Crippen molar-refractivity contribution in [3.63, 3.8) is 0 Å². The smallest absolute Gasteiger partial charge is 0.371 e. The largest absolute Gasteiger partial charge is 0.480 e. The molecular weight excluding hydrogens is 202 g/mol. The molecule has 0 saturated heterocycles. The molecule has 4 N–H and O–H groups in total. The first-order valence-corrected chi connectivity index (χ1v) is 4.46. The van der Waals surface area contributed by atoms with Gasteiger partial charge in [0.2, 0.25) is 5.78 Å². The van der Waals surface area contributed by atoms with E-state index in [0.29, 0.717) is 0 Å². The number of nitrogens with two attached hydrogens (primary N) is 1. The highest BCUT2D eigenvalue weighted by Crippen LogP contribution is 2.04. The Morgan fingerprint density at radius 2 is 1.60 bits per heavy atom. The number of hydrogen-bond donors (Lipinski definition) is 3. The van der Waals surface area contributed by atoms with Crippen molar-refractivity contribution in [1.29, 1.82) is 0 Å². The zero-order valence-corrected chi connectivity index (χ0v) is 9.06. The van der Waals surface area contributed by atoms with Crippen LogP contribution in [0.2, 0.25) is 0 Å². The third kappa shape index (κ3) is 8.89. The highest BCUT2D eigenvalue weighted by atomic mass is 16.4. The monoisotopic (exact) mass is 219 g/mol. The molecule has 0 saturated carbocycles. The van der Waals surface area contributed by atoms with E-state index in [1.807, 2.05) is 13.8 Å². The molecule has 88 valence electrons. The molecule has 0 aliphatic heterocycles. The Bertz CT molecular complexity index is 227. The van der Waals surface area contributed by atoms with Crippen LogP contribution >= 0.6 is 0 Å². The van der Waals surface area contributed by atoms with E-state index < -0.39 is 23.8 Å². The summed E-state index contributed by atoms with van der Waals surface area (Å²) in [6.07, 6.45) is 0.813. The zero-order chi connectivity index (χ0) is 12.6. The third-order valence-corrected chi connectivity index (χ3v) is 1.84. The quantitative estimate of drug-likeness (QED) is 0.577. The second-order valence-corrected chi connectivity index (χ2v) is 3.11. The van der Waals surface area contributed by atoms with Crippen LogP contribution in [0.3, 0.4) is 0 Å². The molecule has 0 radical (unpaired) electrons. The summed E-state index contributed by atoms with van der Waals surface area (Å²) in [5, 5.41) is 16.0. The van der Waals surface area contributed by atoms with Crippen LogP contribution in [0.5, 0.6) is 0 Å². The molecule has 6 heteroatoms. The van der Waals surface area contributed by atoms with Gasteiger partial charge in [-0.25, -0.2) is 4.79 Å². The minimum absolute atomic E-state index is 0.0718. The number of ketones is 1. The number of carboxylic acids is 2. The van der Waals surface area contributed by atoms with Crippen LogP contribution in [0.25, 0.3) is 0 Å². The Labute approximate surface area is 88.1 Å². The number of carbonyl (C=O) groups excluding carboxylic acids is 1. The molecule has 0 heterocycles. The fourth-order valence-electron chi connectivity index (χ4n) is 0.497. The van der Waals surface area contributed by atoms with E-state index in [1.165, 1.54) is 0 Å². The summed E-state index contributed by atoms with van der Waals surface area (Å²) in [5.74, 6) is -3.04. The Kier molecular flexibility index (Phi) is 8.46. The summed E-state index contributed by atoms with van der Waals surface area (Å²) in [6.45, 7) is 4.76. The van der Waals surface area contributed by atoms with Gasteiger partial charge in [0.15, 0.2) is 0 Å². The van der Waals surface area contributed by atoms with Gasteiger partial charge in [-0.3, -0.25) is 9.59 Å². The Morgan fingerprint density at radius 1 is 1.27 bits per heavy atom. The fraction of sp³-hybridized carbons (Fsp3) is 0.667. The standard InChI is InChI=1S/C6H13NO2.C3H4O3/c1-3-4(2)5(7)6(8)9;1-2(4)3(5)6/h4-5H,3,7H2,1-2H3,(H,8,9);1H3,(H,5,6)/t4-,5-;/m0./s1. The summed E-state index contributed by atoms with van der Waals surface area (Å²) < 4.78 is 0. The maximum absolute atomic E-state index is 10.2. The van der Waals surface area contributed by atoms with Crippen LogP contribution in [-0.4, -0.2) is 34.0 Å². The van der Waals surface area contributed by atoms with E-state index in [-0.39, 0.29) is 5.92 Å². The van der Waals surface area contributed by atoms with Crippen molar-refractivity contribution in [3.8, 4) is 0 Å². The SMILES string of the molecule is CC(=O)C(=O)O.CC[C@H](C)[C@H](N)C(=O)O. The second-order valence-electron chi connectivity index (χ2n) is 3.11. The van der Waals surface area contributed by atoms with Gasteiger partial charge in [-0.15, -0.1) is 0 Å². The highest BCUT2D eigenvalue weighted by Gasteiger charge is 2.17. The molecule has 0 fully saturated rings. The molecule has 0 unspecified atom stereocenters. The van der Waals surface area contributed by atoms with Crippen molar-refractivity contribution in [1.82, 2.24) is 0 Å². The van der Waals surface area contributed by atoms with Gasteiger partial charge in [-0.1, -0.05) is 20.3 Å². The van der Waals surface area contributed by atoms with Gasteiger partial charge in [-0.05, 0) is 5.92 Å². The molecule has 0 aliphatic carbocycles. The minimum atomic E-state index is -1.38. The molecule has 0 spiro atoms. The first kappa shape index (κ1) is 16.0. The summed E-state index contributed by atoms with van der Waals surface area (Å²) in [7, 11) is 0. The molecular formula is C9H17NO5. The van der Waals surface area contributed by atoms with Gasteiger partial charge in [0, 0.05) is 6.92 Å². The van der Waals surface area contributed by atoms with E-state index in [2.05, 4.69) is 0 Å². The lowest BCUT2D eigenvalue weighted by Gasteiger charge is -2.11. The van der Waals surface area contributed by atoms with Crippen molar-refractivity contribution in [3.05, 3.63) is 0 Å². The summed E-state index contributed by atoms with van der Waals surface area (Å²) >= 11 is 0. The molecule has 0 aromatic heterocycles. The van der Waals surface area contributed by atoms with E-state index in [1.54, 1.807) is 0 Å². The zero-order valence-electron chi connectivity index (χ0n) is 9.06. The van der Waals surface area contributed by atoms with Crippen molar-refractivity contribution >= 4 is 17.7 Å². The Hall–Kier alpha value is -1.43. The van der Waals surface area contributed by atoms with Crippen LogP contribution < -0.4 is 5.73 Å². The maximum Gasteiger partial charge on any atom is 0.371 e. The second kappa shape index (κ2) is 7.93. The molecule has 0 amide bonds. The summed E-state index contributed by atoms with van der Waals surface area (Å²) in [5.41, 5.74) is 5.27. The molecule has 6 nitrogen and oxygen atoms in total. The molecule has 15 heavy (non-hydrogen) atoms. The van der Waals surface area contributed by atoms with Crippen LogP contribution in [0.4, 0.5) is 0 Å². The van der Waals surface area contributed by atoms with Crippen molar-refractivity contribution in [2.45, 2.75) is 33.2 Å². The van der Waals surface area contributed by atoms with Crippen LogP contribution in [0.1, 0.15) is 27.2 Å². The average Bonchev–Trinajstić information content (AvgIpc) is 2.16. The van der Waals surface area contributed by atoms with Crippen LogP contribution in [0, 0.1) is 5.92 Å². The molecule has 0 aromatic carbocycles. The number of carboxylic acid groups (broad SMARTS) is 2. The number of hydrogen-bond acceptors (Lipinski definition) is 4.